The molecule has 1 unspecified atom stereocenters. The smallest absolute Gasteiger partial charge is 0.223 e. The number of amides is 1. The Kier molecular flexibility index (Phi) is 5.32. The molecule has 1 aliphatic rings. The van der Waals surface area contributed by atoms with Gasteiger partial charge in [0, 0.05) is 33.1 Å². The Balaban J connectivity index is 2.21. The van der Waals surface area contributed by atoms with Gasteiger partial charge in [0.2, 0.25) is 15.7 Å². The standard InChI is InChI=1S/C13H20N4O3S2/c1-4-11(17-7-5-16(3)6-8-17)22(19,20)12-9-14-13(21-12)15-10(2)18/h4,9,11H,1,5-8H2,2-3H3,(H,14,15,18). The number of carbonyl (C=O) groups is 1. The van der Waals surface area contributed by atoms with E-state index >= 15 is 0 Å². The first-order chi connectivity index (χ1) is 10.3. The molecular formula is C13H20N4O3S2. The second kappa shape index (κ2) is 6.86. The van der Waals surface area contributed by atoms with Crippen molar-refractivity contribution in [3.8, 4) is 0 Å². The van der Waals surface area contributed by atoms with Crippen LogP contribution in [0.5, 0.6) is 0 Å². The van der Waals surface area contributed by atoms with E-state index in [1.165, 1.54) is 19.2 Å². The minimum atomic E-state index is -3.59. The van der Waals surface area contributed by atoms with Crippen molar-refractivity contribution < 1.29 is 13.2 Å². The van der Waals surface area contributed by atoms with Crippen molar-refractivity contribution in [1.29, 1.82) is 0 Å². The van der Waals surface area contributed by atoms with Crippen LogP contribution < -0.4 is 5.32 Å². The molecule has 0 bridgehead atoms. The molecule has 1 aromatic heterocycles. The zero-order valence-corrected chi connectivity index (χ0v) is 14.3. The van der Waals surface area contributed by atoms with Crippen LogP contribution >= 0.6 is 11.3 Å². The number of rotatable bonds is 5. The number of carbonyl (C=O) groups excluding carboxylic acids is 1. The molecule has 1 N–H and O–H groups in total. The third-order valence-corrected chi connectivity index (χ3v) is 6.91. The van der Waals surface area contributed by atoms with Gasteiger partial charge in [0.15, 0.2) is 5.13 Å². The number of nitrogens with zero attached hydrogens (tertiary/aromatic N) is 3. The molecule has 0 spiro atoms. The van der Waals surface area contributed by atoms with Crippen molar-refractivity contribution in [2.75, 3.05) is 38.5 Å². The van der Waals surface area contributed by atoms with Gasteiger partial charge in [-0.2, -0.15) is 0 Å². The zero-order valence-electron chi connectivity index (χ0n) is 12.7. The Morgan fingerprint density at radius 2 is 2.09 bits per heavy atom. The molecule has 2 rings (SSSR count). The molecule has 1 aromatic rings. The summed E-state index contributed by atoms with van der Waals surface area (Å²) in [5, 5.41) is 2.01. The summed E-state index contributed by atoms with van der Waals surface area (Å²) in [6.45, 7) is 8.01. The van der Waals surface area contributed by atoms with E-state index in [0.29, 0.717) is 13.1 Å². The van der Waals surface area contributed by atoms with Crippen molar-refractivity contribution in [3.05, 3.63) is 18.9 Å². The molecule has 9 heteroatoms. The van der Waals surface area contributed by atoms with Crippen LogP contribution in [0.15, 0.2) is 23.1 Å². The molecule has 1 atom stereocenters. The van der Waals surface area contributed by atoms with Gasteiger partial charge in [0.1, 0.15) is 9.58 Å². The summed E-state index contributed by atoms with van der Waals surface area (Å²) in [5.41, 5.74) is 0. The van der Waals surface area contributed by atoms with Crippen LogP contribution in [0, 0.1) is 0 Å². The highest BCUT2D eigenvalue weighted by atomic mass is 32.2. The fourth-order valence-electron chi connectivity index (χ4n) is 2.27. The van der Waals surface area contributed by atoms with Gasteiger partial charge in [-0.15, -0.1) is 6.58 Å². The van der Waals surface area contributed by atoms with E-state index in [0.717, 1.165) is 24.4 Å². The fourth-order valence-corrected chi connectivity index (χ4v) is 5.15. The predicted octanol–water partition coefficient (Wildman–Crippen LogP) is 0.635. The largest absolute Gasteiger partial charge is 0.304 e. The van der Waals surface area contributed by atoms with Gasteiger partial charge in [-0.1, -0.05) is 17.4 Å². The number of nitrogens with one attached hydrogen (secondary N) is 1. The number of likely N-dealkylation sites (N-methyl/N-ethyl adjacent to an activating group) is 1. The zero-order chi connectivity index (χ0) is 16.3. The summed E-state index contributed by atoms with van der Waals surface area (Å²) in [7, 11) is -1.58. The summed E-state index contributed by atoms with van der Waals surface area (Å²) in [6.07, 6.45) is 2.75. The molecule has 7 nitrogen and oxygen atoms in total. The van der Waals surface area contributed by atoms with E-state index in [-0.39, 0.29) is 15.2 Å². The number of piperazine rings is 1. The van der Waals surface area contributed by atoms with E-state index in [2.05, 4.69) is 21.8 Å². The molecule has 122 valence electrons. The van der Waals surface area contributed by atoms with Crippen LogP contribution in [0.2, 0.25) is 0 Å². The molecule has 0 radical (unpaired) electrons. The number of sulfone groups is 1. The van der Waals surface area contributed by atoms with Gasteiger partial charge >= 0.3 is 0 Å². The molecule has 1 amide bonds. The summed E-state index contributed by atoms with van der Waals surface area (Å²) in [4.78, 5) is 19.0. The molecule has 1 fully saturated rings. The van der Waals surface area contributed by atoms with E-state index in [4.69, 9.17) is 0 Å². The third kappa shape index (κ3) is 3.72. The number of thiazole rings is 1. The molecule has 1 aliphatic heterocycles. The molecular weight excluding hydrogens is 324 g/mol. The van der Waals surface area contributed by atoms with Crippen molar-refractivity contribution in [1.82, 2.24) is 14.8 Å². The minimum absolute atomic E-state index is 0.139. The first-order valence-corrected chi connectivity index (χ1v) is 9.23. The van der Waals surface area contributed by atoms with E-state index < -0.39 is 15.2 Å². The van der Waals surface area contributed by atoms with Gasteiger partial charge in [-0.05, 0) is 7.05 Å². The maximum Gasteiger partial charge on any atom is 0.223 e. The van der Waals surface area contributed by atoms with Crippen LogP contribution in [-0.2, 0) is 14.6 Å². The van der Waals surface area contributed by atoms with Gasteiger partial charge in [0.05, 0.1) is 6.20 Å². The molecule has 0 saturated carbocycles. The first-order valence-electron chi connectivity index (χ1n) is 6.87. The Labute approximate surface area is 134 Å². The molecule has 1 saturated heterocycles. The molecule has 0 aliphatic carbocycles. The third-order valence-electron chi connectivity index (χ3n) is 3.47. The lowest BCUT2D eigenvalue weighted by Gasteiger charge is -2.35. The average Bonchev–Trinajstić information content (AvgIpc) is 2.90. The summed E-state index contributed by atoms with van der Waals surface area (Å²) >= 11 is 0.961. The number of hydrogen-bond acceptors (Lipinski definition) is 7. The lowest BCUT2D eigenvalue weighted by molar-refractivity contribution is -0.114. The summed E-state index contributed by atoms with van der Waals surface area (Å²) in [5.74, 6) is -0.280. The van der Waals surface area contributed by atoms with Gasteiger partial charge in [-0.25, -0.2) is 13.4 Å². The Hall–Kier alpha value is -1.29. The quantitative estimate of drug-likeness (QED) is 0.789. The van der Waals surface area contributed by atoms with Gasteiger partial charge in [-0.3, -0.25) is 9.69 Å². The van der Waals surface area contributed by atoms with Crippen molar-refractivity contribution in [2.45, 2.75) is 16.5 Å². The van der Waals surface area contributed by atoms with E-state index in [1.807, 2.05) is 11.9 Å². The van der Waals surface area contributed by atoms with Crippen LogP contribution in [0.3, 0.4) is 0 Å². The van der Waals surface area contributed by atoms with Crippen molar-refractivity contribution in [2.24, 2.45) is 0 Å². The highest BCUT2D eigenvalue weighted by Crippen LogP contribution is 2.28. The van der Waals surface area contributed by atoms with E-state index in [9.17, 15) is 13.2 Å². The number of hydrogen-bond donors (Lipinski definition) is 1. The van der Waals surface area contributed by atoms with Crippen LogP contribution in [0.4, 0.5) is 5.13 Å². The highest BCUT2D eigenvalue weighted by molar-refractivity contribution is 7.94. The second-order valence-electron chi connectivity index (χ2n) is 5.18. The Morgan fingerprint density at radius 3 is 2.64 bits per heavy atom. The molecule has 22 heavy (non-hydrogen) atoms. The second-order valence-corrected chi connectivity index (χ2v) is 8.48. The van der Waals surface area contributed by atoms with Gasteiger partial charge in [0.25, 0.3) is 0 Å². The average molecular weight is 344 g/mol. The normalized spacial score (nSPS) is 18.8. The lowest BCUT2D eigenvalue weighted by atomic mass is 10.3. The van der Waals surface area contributed by atoms with Crippen LogP contribution in [0.25, 0.3) is 0 Å². The maximum atomic E-state index is 12.8. The Morgan fingerprint density at radius 1 is 1.45 bits per heavy atom. The van der Waals surface area contributed by atoms with Crippen molar-refractivity contribution in [3.63, 3.8) is 0 Å². The number of aromatic nitrogens is 1. The summed E-state index contributed by atoms with van der Waals surface area (Å²) < 4.78 is 25.7. The lowest BCUT2D eigenvalue weighted by Crippen LogP contribution is -2.50. The summed E-state index contributed by atoms with van der Waals surface area (Å²) in [6, 6.07) is 0. The van der Waals surface area contributed by atoms with Crippen LogP contribution in [-0.4, -0.2) is 67.7 Å². The maximum absolute atomic E-state index is 12.8. The fraction of sp³-hybridized carbons (Fsp3) is 0.538. The van der Waals surface area contributed by atoms with Crippen LogP contribution in [0.1, 0.15) is 6.92 Å². The predicted molar refractivity (Wildman–Crippen MR) is 86.7 cm³/mol. The Bertz CT molecular complexity index is 648. The molecule has 0 aromatic carbocycles. The topological polar surface area (TPSA) is 82.6 Å². The van der Waals surface area contributed by atoms with E-state index in [1.54, 1.807) is 0 Å². The van der Waals surface area contributed by atoms with Crippen molar-refractivity contribution >= 4 is 32.2 Å². The monoisotopic (exact) mass is 344 g/mol. The first kappa shape index (κ1) is 17.1. The minimum Gasteiger partial charge on any atom is -0.304 e. The SMILES string of the molecule is C=CC(N1CCN(C)CC1)S(=O)(=O)c1cnc(NC(C)=O)s1. The number of anilines is 1. The van der Waals surface area contributed by atoms with Gasteiger partial charge < -0.3 is 10.2 Å². The highest BCUT2D eigenvalue weighted by Gasteiger charge is 2.33. The molecule has 2 heterocycles.